The first-order chi connectivity index (χ1) is 12.5. The molecule has 2 atom stereocenters. The number of nitrogens with one attached hydrogen (secondary N) is 1. The largest absolute Gasteiger partial charge is 0.435 e. The fraction of sp³-hybridized carbons (Fsp3) is 0.389. The number of hydrogen-bond acceptors (Lipinski definition) is 4. The van der Waals surface area contributed by atoms with Gasteiger partial charge in [-0.3, -0.25) is 19.3 Å². The summed E-state index contributed by atoms with van der Waals surface area (Å²) in [7, 11) is 0. The normalized spacial score (nSPS) is 21.9. The fourth-order valence-corrected chi connectivity index (χ4v) is 3.21. The Morgan fingerprint density at radius 1 is 1.12 bits per heavy atom. The first-order valence-corrected chi connectivity index (χ1v) is 8.26. The Bertz CT molecular complexity index is 707. The summed E-state index contributed by atoms with van der Waals surface area (Å²) in [6, 6.07) is 5.84. The Balaban J connectivity index is 1.51. The number of nitrogens with zero attached hydrogens (tertiary/aromatic N) is 1. The Labute approximate surface area is 148 Å². The van der Waals surface area contributed by atoms with Crippen molar-refractivity contribution < 1.29 is 27.9 Å². The summed E-state index contributed by atoms with van der Waals surface area (Å²) < 4.78 is 28.4. The number of amides is 3. The monoisotopic (exact) mass is 364 g/mol. The highest BCUT2D eigenvalue weighted by Gasteiger charge is 2.47. The van der Waals surface area contributed by atoms with Gasteiger partial charge in [0.25, 0.3) is 0 Å². The van der Waals surface area contributed by atoms with Crippen LogP contribution in [-0.4, -0.2) is 35.8 Å². The molecule has 1 saturated heterocycles. The van der Waals surface area contributed by atoms with E-state index in [1.807, 2.05) is 12.2 Å². The second-order valence-electron chi connectivity index (χ2n) is 6.22. The van der Waals surface area contributed by atoms with Crippen molar-refractivity contribution in [2.24, 2.45) is 11.8 Å². The number of hydrogen-bond donors (Lipinski definition) is 1. The molecule has 3 rings (SSSR count). The van der Waals surface area contributed by atoms with Crippen molar-refractivity contribution in [2.75, 3.05) is 6.54 Å². The molecule has 0 radical (unpaired) electrons. The molecule has 1 heterocycles. The van der Waals surface area contributed by atoms with Gasteiger partial charge in [-0.15, -0.1) is 0 Å². The number of rotatable bonds is 6. The zero-order valence-corrected chi connectivity index (χ0v) is 13.9. The van der Waals surface area contributed by atoms with E-state index in [1.165, 1.54) is 12.1 Å². The first kappa shape index (κ1) is 18.0. The van der Waals surface area contributed by atoms with Crippen LogP contribution in [0.1, 0.15) is 18.4 Å². The summed E-state index contributed by atoms with van der Waals surface area (Å²) in [5, 5.41) is 2.62. The third kappa shape index (κ3) is 3.89. The fourth-order valence-electron chi connectivity index (χ4n) is 3.21. The van der Waals surface area contributed by atoms with E-state index >= 15 is 0 Å². The predicted molar refractivity (Wildman–Crippen MR) is 87.0 cm³/mol. The Morgan fingerprint density at radius 2 is 1.69 bits per heavy atom. The number of carbonyl (C=O) groups is 3. The lowest BCUT2D eigenvalue weighted by molar-refractivity contribution is -0.143. The number of alkyl halides is 2. The van der Waals surface area contributed by atoms with Crippen molar-refractivity contribution in [2.45, 2.75) is 26.0 Å². The van der Waals surface area contributed by atoms with Crippen LogP contribution in [-0.2, 0) is 20.9 Å². The number of ether oxygens (including phenoxy) is 1. The third-order valence-corrected chi connectivity index (χ3v) is 4.54. The molecule has 1 aliphatic carbocycles. The molecule has 138 valence electrons. The molecule has 1 aromatic carbocycles. The topological polar surface area (TPSA) is 75.7 Å². The molecule has 1 fully saturated rings. The van der Waals surface area contributed by atoms with Gasteiger partial charge in [0.15, 0.2) is 0 Å². The van der Waals surface area contributed by atoms with Crippen molar-refractivity contribution in [3.05, 3.63) is 42.0 Å². The summed E-state index contributed by atoms with van der Waals surface area (Å²) in [4.78, 5) is 37.7. The highest BCUT2D eigenvalue weighted by molar-refractivity contribution is 6.07. The number of likely N-dealkylation sites (tertiary alicyclic amines) is 1. The average molecular weight is 364 g/mol. The second kappa shape index (κ2) is 7.63. The molecular formula is C18H18F2N2O4. The summed E-state index contributed by atoms with van der Waals surface area (Å²) in [6.45, 7) is -3.05. The summed E-state index contributed by atoms with van der Waals surface area (Å²) in [5.41, 5.74) is 0.678. The van der Waals surface area contributed by atoms with Crippen LogP contribution >= 0.6 is 0 Å². The van der Waals surface area contributed by atoms with Crippen LogP contribution in [0.4, 0.5) is 8.78 Å². The lowest BCUT2D eigenvalue weighted by Gasteiger charge is -2.14. The maximum absolute atomic E-state index is 12.3. The molecule has 3 amide bonds. The second-order valence-corrected chi connectivity index (χ2v) is 6.22. The van der Waals surface area contributed by atoms with Crippen molar-refractivity contribution in [1.29, 1.82) is 0 Å². The first-order valence-electron chi connectivity index (χ1n) is 8.26. The lowest BCUT2D eigenvalue weighted by Crippen LogP contribution is -2.40. The van der Waals surface area contributed by atoms with Gasteiger partial charge in [0, 0.05) is 6.54 Å². The summed E-state index contributed by atoms with van der Waals surface area (Å²) in [5.74, 6) is -1.74. The number of imide groups is 1. The molecule has 1 aliphatic heterocycles. The predicted octanol–water partition coefficient (Wildman–Crippen LogP) is 1.86. The van der Waals surface area contributed by atoms with Crippen LogP contribution in [0.2, 0.25) is 0 Å². The Morgan fingerprint density at radius 3 is 2.23 bits per heavy atom. The van der Waals surface area contributed by atoms with E-state index in [0.29, 0.717) is 18.4 Å². The summed E-state index contributed by atoms with van der Waals surface area (Å²) >= 11 is 0. The highest BCUT2D eigenvalue weighted by Crippen LogP contribution is 2.34. The van der Waals surface area contributed by atoms with E-state index in [1.54, 1.807) is 12.1 Å². The van der Waals surface area contributed by atoms with Crippen molar-refractivity contribution >= 4 is 17.7 Å². The molecule has 1 N–H and O–H groups in total. The summed E-state index contributed by atoms with van der Waals surface area (Å²) in [6.07, 6.45) is 4.83. The molecule has 2 unspecified atom stereocenters. The van der Waals surface area contributed by atoms with Crippen molar-refractivity contribution in [1.82, 2.24) is 10.2 Å². The van der Waals surface area contributed by atoms with E-state index in [-0.39, 0.29) is 42.5 Å². The number of allylic oxidation sites excluding steroid dienone is 2. The molecule has 1 aromatic rings. The van der Waals surface area contributed by atoms with Crippen LogP contribution < -0.4 is 10.1 Å². The molecule has 6 nitrogen and oxygen atoms in total. The molecule has 0 aromatic heterocycles. The van der Waals surface area contributed by atoms with Gasteiger partial charge in [-0.05, 0) is 30.5 Å². The number of benzene rings is 1. The highest BCUT2D eigenvalue weighted by atomic mass is 19.3. The van der Waals surface area contributed by atoms with Crippen LogP contribution in [0.3, 0.4) is 0 Å². The van der Waals surface area contributed by atoms with Gasteiger partial charge in [0.2, 0.25) is 17.7 Å². The minimum absolute atomic E-state index is 0.0274. The smallest absolute Gasteiger partial charge is 0.387 e. The molecule has 0 saturated carbocycles. The maximum Gasteiger partial charge on any atom is 0.387 e. The zero-order valence-electron chi connectivity index (χ0n) is 13.9. The molecule has 2 aliphatic rings. The molecule has 0 spiro atoms. The lowest BCUT2D eigenvalue weighted by atomic mass is 9.85. The van der Waals surface area contributed by atoms with Crippen LogP contribution in [0, 0.1) is 11.8 Å². The van der Waals surface area contributed by atoms with Gasteiger partial charge >= 0.3 is 6.61 Å². The quantitative estimate of drug-likeness (QED) is 0.618. The van der Waals surface area contributed by atoms with Gasteiger partial charge in [-0.2, -0.15) is 8.78 Å². The molecule has 0 bridgehead atoms. The van der Waals surface area contributed by atoms with Gasteiger partial charge < -0.3 is 10.1 Å². The molecular weight excluding hydrogens is 346 g/mol. The average Bonchev–Trinajstić information content (AvgIpc) is 2.86. The van der Waals surface area contributed by atoms with Crippen LogP contribution in [0.15, 0.2) is 36.4 Å². The van der Waals surface area contributed by atoms with Crippen molar-refractivity contribution in [3.8, 4) is 5.75 Å². The Hall–Kier alpha value is -2.77. The van der Waals surface area contributed by atoms with Gasteiger partial charge in [0.05, 0.1) is 11.8 Å². The van der Waals surface area contributed by atoms with E-state index in [9.17, 15) is 23.2 Å². The van der Waals surface area contributed by atoms with Crippen LogP contribution in [0.5, 0.6) is 5.75 Å². The van der Waals surface area contributed by atoms with E-state index in [4.69, 9.17) is 0 Å². The van der Waals surface area contributed by atoms with Crippen molar-refractivity contribution in [3.63, 3.8) is 0 Å². The van der Waals surface area contributed by atoms with E-state index in [0.717, 1.165) is 4.90 Å². The van der Waals surface area contributed by atoms with Gasteiger partial charge in [-0.25, -0.2) is 0 Å². The maximum atomic E-state index is 12.3. The van der Waals surface area contributed by atoms with Gasteiger partial charge in [-0.1, -0.05) is 24.3 Å². The minimum atomic E-state index is -2.89. The van der Waals surface area contributed by atoms with Gasteiger partial charge in [0.1, 0.15) is 12.3 Å². The molecule has 8 heteroatoms. The standard InChI is InChI=1S/C18H18F2N2O4/c19-18(20)26-12-7-5-11(6-8-12)9-21-15(23)10-22-16(24)13-3-1-2-4-14(13)17(22)25/h1-2,5-8,13-14,18H,3-4,9-10H2,(H,21,23). The van der Waals surface area contributed by atoms with Crippen LogP contribution in [0.25, 0.3) is 0 Å². The minimum Gasteiger partial charge on any atom is -0.435 e. The zero-order chi connectivity index (χ0) is 18.7. The number of fused-ring (bicyclic) bond motifs is 1. The number of halogens is 2. The Kier molecular flexibility index (Phi) is 5.29. The van der Waals surface area contributed by atoms with E-state index in [2.05, 4.69) is 10.1 Å². The number of carbonyl (C=O) groups excluding carboxylic acids is 3. The van der Waals surface area contributed by atoms with E-state index < -0.39 is 12.5 Å². The molecule has 26 heavy (non-hydrogen) atoms. The SMILES string of the molecule is O=C(CN1C(=O)C2CC=CCC2C1=O)NCc1ccc(OC(F)F)cc1. The third-order valence-electron chi connectivity index (χ3n) is 4.54.